The van der Waals surface area contributed by atoms with E-state index in [-0.39, 0.29) is 12.1 Å². The van der Waals surface area contributed by atoms with Crippen molar-refractivity contribution in [1.29, 1.82) is 0 Å². The van der Waals surface area contributed by atoms with E-state index < -0.39 is 5.41 Å². The van der Waals surface area contributed by atoms with Gasteiger partial charge in [-0.3, -0.25) is 0 Å². The van der Waals surface area contributed by atoms with Crippen LogP contribution in [0.1, 0.15) is 78.8 Å². The molecule has 0 unspecified atom stereocenters. The van der Waals surface area contributed by atoms with E-state index in [0.29, 0.717) is 5.92 Å². The van der Waals surface area contributed by atoms with Crippen LogP contribution in [0.25, 0.3) is 44.5 Å². The molecule has 0 saturated heterocycles. The van der Waals surface area contributed by atoms with Gasteiger partial charge < -0.3 is 9.80 Å². The predicted octanol–water partition coefficient (Wildman–Crippen LogP) is 16.2. The lowest BCUT2D eigenvalue weighted by molar-refractivity contribution is 0.590. The number of nitrogens with zero attached hydrogens (tertiary/aromatic N) is 2. The Morgan fingerprint density at radius 1 is 0.493 bits per heavy atom. The summed E-state index contributed by atoms with van der Waals surface area (Å²) >= 11 is 2.07. The molecule has 4 heteroatoms. The number of anilines is 6. The molecule has 340 valence electrons. The van der Waals surface area contributed by atoms with Crippen LogP contribution in [0.15, 0.2) is 206 Å². The molecule has 0 amide bonds. The molecule has 9 aromatic carbocycles. The van der Waals surface area contributed by atoms with Crippen LogP contribution >= 0.6 is 11.3 Å². The fourth-order valence-corrected chi connectivity index (χ4v) is 14.5. The summed E-state index contributed by atoms with van der Waals surface area (Å²) in [7, 11) is 0. The highest BCUT2D eigenvalue weighted by Gasteiger charge is 2.57. The second-order valence-corrected chi connectivity index (χ2v) is 22.5. The van der Waals surface area contributed by atoms with Gasteiger partial charge in [0.15, 0.2) is 0 Å². The zero-order valence-electron chi connectivity index (χ0n) is 41.1. The monoisotopic (exact) mass is 928 g/mol. The number of aryl methyl sites for hydroxylation is 1. The third-order valence-corrected chi connectivity index (χ3v) is 17.4. The lowest BCUT2D eigenvalue weighted by atomic mass is 9.36. The molecule has 4 aliphatic rings. The molecule has 0 bridgehead atoms. The molecule has 14 rings (SSSR count). The lowest BCUT2D eigenvalue weighted by Gasteiger charge is -2.44. The van der Waals surface area contributed by atoms with Gasteiger partial charge in [0, 0.05) is 43.7 Å². The summed E-state index contributed by atoms with van der Waals surface area (Å²) < 4.78 is 1.40. The molecular formula is C67H53BN2S. The van der Waals surface area contributed by atoms with Gasteiger partial charge in [0.2, 0.25) is 0 Å². The quantitative estimate of drug-likeness (QED) is 0.159. The van der Waals surface area contributed by atoms with Gasteiger partial charge in [-0.2, -0.15) is 0 Å². The molecule has 2 aliphatic heterocycles. The molecule has 0 radical (unpaired) electrons. The summed E-state index contributed by atoms with van der Waals surface area (Å²) in [6, 6.07) is 78.6. The van der Waals surface area contributed by atoms with E-state index >= 15 is 0 Å². The van der Waals surface area contributed by atoms with Crippen molar-refractivity contribution < 1.29 is 0 Å². The standard InChI is InChI=1S/C67H53BN2S/c1-41(2)44-29-35-53-56(39-44)67(54-27-17-15-25-51(54)52-26-16-18-28-55(52)67)64-61(53)63-65(71-64)68-57-36-30-45(50-24-14-13-23-49(50)43-19-9-7-10-20-43)40-58(57)69(48-33-31-46(32-34-48)66(4,5)6)59-37-42(3)38-60(62(59)68)70(63)47-21-11-8-12-22-47/h7-41H,1-6H3. The Morgan fingerprint density at radius 2 is 1.07 bits per heavy atom. The number of hydrogen-bond acceptors (Lipinski definition) is 3. The fraction of sp³-hybridized carbons (Fsp3) is 0.134. The molecule has 1 aromatic heterocycles. The molecule has 0 N–H and O–H groups in total. The Morgan fingerprint density at radius 3 is 1.72 bits per heavy atom. The highest BCUT2D eigenvalue weighted by molar-refractivity contribution is 7.30. The largest absolute Gasteiger partial charge is 0.311 e. The number of rotatable bonds is 5. The van der Waals surface area contributed by atoms with Crippen molar-refractivity contribution in [2.75, 3.05) is 9.80 Å². The molecule has 3 heterocycles. The number of para-hydroxylation sites is 1. The van der Waals surface area contributed by atoms with Gasteiger partial charge >= 0.3 is 0 Å². The first-order valence-electron chi connectivity index (χ1n) is 25.3. The zero-order valence-corrected chi connectivity index (χ0v) is 41.9. The van der Waals surface area contributed by atoms with Crippen molar-refractivity contribution >= 4 is 67.9 Å². The highest BCUT2D eigenvalue weighted by atomic mass is 32.1. The molecule has 2 aliphatic carbocycles. The van der Waals surface area contributed by atoms with Gasteiger partial charge in [0.1, 0.15) is 0 Å². The van der Waals surface area contributed by atoms with E-state index in [2.05, 4.69) is 269 Å². The Labute approximate surface area is 422 Å². The van der Waals surface area contributed by atoms with Crippen LogP contribution in [0.4, 0.5) is 34.1 Å². The number of hydrogen-bond donors (Lipinski definition) is 0. The van der Waals surface area contributed by atoms with E-state index in [0.717, 1.165) is 5.69 Å². The summed E-state index contributed by atoms with van der Waals surface area (Å²) in [4.78, 5) is 6.66. The van der Waals surface area contributed by atoms with Crippen LogP contribution in [0, 0.1) is 6.92 Å². The van der Waals surface area contributed by atoms with E-state index in [1.807, 2.05) is 0 Å². The zero-order chi connectivity index (χ0) is 47.9. The van der Waals surface area contributed by atoms with Gasteiger partial charge in [-0.25, -0.2) is 0 Å². The summed E-state index contributed by atoms with van der Waals surface area (Å²) in [6.07, 6.45) is 0. The lowest BCUT2D eigenvalue weighted by Crippen LogP contribution is -2.60. The van der Waals surface area contributed by atoms with Crippen molar-refractivity contribution in [1.82, 2.24) is 0 Å². The maximum absolute atomic E-state index is 2.65. The molecule has 0 fully saturated rings. The van der Waals surface area contributed by atoms with E-state index in [1.165, 1.54) is 127 Å². The molecule has 10 aromatic rings. The van der Waals surface area contributed by atoms with Crippen molar-refractivity contribution in [3.63, 3.8) is 0 Å². The first-order valence-corrected chi connectivity index (χ1v) is 26.1. The number of benzene rings is 9. The molecule has 2 nitrogen and oxygen atoms in total. The van der Waals surface area contributed by atoms with Crippen LogP contribution < -0.4 is 25.5 Å². The van der Waals surface area contributed by atoms with Gasteiger partial charge in [-0.1, -0.05) is 198 Å². The molecule has 0 atom stereocenters. The summed E-state index contributed by atoms with van der Waals surface area (Å²) in [5.41, 5.74) is 28.0. The second-order valence-electron chi connectivity index (χ2n) is 21.5. The second kappa shape index (κ2) is 15.4. The minimum atomic E-state index is -0.471. The van der Waals surface area contributed by atoms with Crippen LogP contribution in [-0.2, 0) is 10.8 Å². The highest BCUT2D eigenvalue weighted by Crippen LogP contribution is 2.67. The predicted molar refractivity (Wildman–Crippen MR) is 303 cm³/mol. The summed E-state index contributed by atoms with van der Waals surface area (Å²) in [6.45, 7) is 13.8. The van der Waals surface area contributed by atoms with Gasteiger partial charge in [-0.05, 0) is 144 Å². The maximum Gasteiger partial charge on any atom is 0.264 e. The normalized spacial score (nSPS) is 14.2. The minimum absolute atomic E-state index is 0.0213. The minimum Gasteiger partial charge on any atom is -0.311 e. The average Bonchev–Trinajstić information content (AvgIpc) is 4.03. The number of thiophene rings is 1. The van der Waals surface area contributed by atoms with Gasteiger partial charge in [0.25, 0.3) is 6.71 Å². The Bertz CT molecular complexity index is 3760. The van der Waals surface area contributed by atoms with Crippen LogP contribution in [0.2, 0.25) is 0 Å². The van der Waals surface area contributed by atoms with Crippen molar-refractivity contribution in [3.05, 3.63) is 245 Å². The molecule has 71 heavy (non-hydrogen) atoms. The third-order valence-electron chi connectivity index (χ3n) is 16.0. The Balaban J connectivity index is 1.10. The Hall–Kier alpha value is -7.66. The van der Waals surface area contributed by atoms with Crippen LogP contribution in [-0.4, -0.2) is 6.71 Å². The van der Waals surface area contributed by atoms with Gasteiger partial charge in [-0.15, -0.1) is 11.3 Å². The number of fused-ring (bicyclic) bond motifs is 15. The Kier molecular flexibility index (Phi) is 9.18. The molecular weight excluding hydrogens is 876 g/mol. The summed E-state index contributed by atoms with van der Waals surface area (Å²) in [5.74, 6) is 0.391. The van der Waals surface area contributed by atoms with E-state index in [9.17, 15) is 0 Å². The van der Waals surface area contributed by atoms with Gasteiger partial charge in [0.05, 0.1) is 11.1 Å². The smallest absolute Gasteiger partial charge is 0.264 e. The van der Waals surface area contributed by atoms with Crippen molar-refractivity contribution in [3.8, 4) is 44.5 Å². The van der Waals surface area contributed by atoms with Crippen LogP contribution in [0.5, 0.6) is 0 Å². The van der Waals surface area contributed by atoms with Crippen molar-refractivity contribution in [2.45, 2.75) is 58.3 Å². The third kappa shape index (κ3) is 5.95. The van der Waals surface area contributed by atoms with Crippen LogP contribution in [0.3, 0.4) is 0 Å². The average molecular weight is 929 g/mol. The van der Waals surface area contributed by atoms with E-state index in [1.54, 1.807) is 0 Å². The first kappa shape index (κ1) is 42.2. The summed E-state index contributed by atoms with van der Waals surface area (Å²) in [5, 5.41) is 0. The van der Waals surface area contributed by atoms with E-state index in [4.69, 9.17) is 0 Å². The molecule has 0 saturated carbocycles. The topological polar surface area (TPSA) is 6.48 Å². The van der Waals surface area contributed by atoms with Crippen molar-refractivity contribution in [2.24, 2.45) is 0 Å². The SMILES string of the molecule is Cc1cc2c3c(c1)N(c1ccccc1)c1c(sc4c1-c1ccc(C(C)C)cc1C41c4ccccc4-c4ccccc41)B3c1ccc(-c3ccccc3-c3ccccc3)cc1N2c1ccc(C(C)(C)C)cc1. The first-order chi connectivity index (χ1) is 34.6. The fourth-order valence-electron chi connectivity index (χ4n) is 12.8. The maximum atomic E-state index is 2.65. The molecule has 1 spiro atoms.